The van der Waals surface area contributed by atoms with Gasteiger partial charge in [-0.1, -0.05) is 0 Å². The summed E-state index contributed by atoms with van der Waals surface area (Å²) in [5.41, 5.74) is 5.27. The van der Waals surface area contributed by atoms with E-state index in [-0.39, 0.29) is 6.04 Å². The van der Waals surface area contributed by atoms with Crippen molar-refractivity contribution in [2.45, 2.75) is 26.0 Å². The summed E-state index contributed by atoms with van der Waals surface area (Å²) in [6, 6.07) is -0.382. The minimum absolute atomic E-state index is 0.382. The molecular formula is C4H12NO4P. The molecule has 0 unspecified atom stereocenters. The van der Waals surface area contributed by atoms with Crippen molar-refractivity contribution in [1.29, 1.82) is 0 Å². The van der Waals surface area contributed by atoms with Crippen molar-refractivity contribution in [3.8, 4) is 0 Å². The topological polar surface area (TPSA) is 92.8 Å². The Morgan fingerprint density at radius 2 is 1.90 bits per heavy atom. The van der Waals surface area contributed by atoms with E-state index in [9.17, 15) is 4.57 Å². The smallest absolute Gasteiger partial charge is 0.326 e. The molecule has 0 aliphatic rings. The molecule has 0 aromatic heterocycles. The fourth-order valence-corrected chi connectivity index (χ4v) is 0.938. The Hall–Kier alpha value is 0.0700. The van der Waals surface area contributed by atoms with Crippen molar-refractivity contribution in [3.63, 3.8) is 0 Å². The van der Waals surface area contributed by atoms with Crippen LogP contribution in [-0.2, 0) is 9.09 Å². The standard InChI is InChI=1S/C4H12NO4P/c1-3(5)4(2)9-10(6,7)8/h3-4H,5H2,1-2H3,(H2,6,7,8)/t3-,4+/m1/s1. The molecule has 0 aliphatic carbocycles. The molecule has 2 atom stereocenters. The van der Waals surface area contributed by atoms with Gasteiger partial charge in [0.15, 0.2) is 0 Å². The van der Waals surface area contributed by atoms with Gasteiger partial charge < -0.3 is 15.5 Å². The highest BCUT2D eigenvalue weighted by atomic mass is 31.2. The molecule has 0 bridgehead atoms. The van der Waals surface area contributed by atoms with Crippen LogP contribution in [0.15, 0.2) is 0 Å². The lowest BCUT2D eigenvalue weighted by Crippen LogP contribution is -2.30. The predicted molar refractivity (Wildman–Crippen MR) is 36.2 cm³/mol. The summed E-state index contributed by atoms with van der Waals surface area (Å²) in [7, 11) is -4.36. The zero-order chi connectivity index (χ0) is 8.36. The van der Waals surface area contributed by atoms with Crippen LogP contribution in [0.5, 0.6) is 0 Å². The molecule has 0 aromatic rings. The summed E-state index contributed by atoms with van der Waals surface area (Å²) in [4.78, 5) is 16.5. The van der Waals surface area contributed by atoms with Gasteiger partial charge in [-0.3, -0.25) is 4.52 Å². The maximum atomic E-state index is 10.2. The van der Waals surface area contributed by atoms with Crippen LogP contribution in [0, 0.1) is 0 Å². The van der Waals surface area contributed by atoms with E-state index in [4.69, 9.17) is 15.5 Å². The van der Waals surface area contributed by atoms with E-state index in [1.165, 1.54) is 6.92 Å². The Morgan fingerprint density at radius 3 is 2.00 bits per heavy atom. The first-order chi connectivity index (χ1) is 4.33. The first kappa shape index (κ1) is 10.1. The van der Waals surface area contributed by atoms with Gasteiger partial charge in [-0.2, -0.15) is 0 Å². The van der Waals surface area contributed by atoms with E-state index in [0.29, 0.717) is 0 Å². The van der Waals surface area contributed by atoms with E-state index in [2.05, 4.69) is 4.52 Å². The first-order valence-corrected chi connectivity index (χ1v) is 4.35. The van der Waals surface area contributed by atoms with Crippen LogP contribution in [0.1, 0.15) is 13.8 Å². The number of phosphoric ester groups is 1. The van der Waals surface area contributed by atoms with Crippen LogP contribution in [0.2, 0.25) is 0 Å². The Bertz CT molecular complexity index is 142. The van der Waals surface area contributed by atoms with Gasteiger partial charge in [-0.15, -0.1) is 0 Å². The maximum absolute atomic E-state index is 10.2. The first-order valence-electron chi connectivity index (χ1n) is 2.82. The highest BCUT2D eigenvalue weighted by Gasteiger charge is 2.20. The Morgan fingerprint density at radius 1 is 1.50 bits per heavy atom. The van der Waals surface area contributed by atoms with Crippen LogP contribution in [-0.4, -0.2) is 21.9 Å². The summed E-state index contributed by atoms with van der Waals surface area (Å²) in [6.45, 7) is 3.12. The third-order valence-electron chi connectivity index (χ3n) is 1.04. The molecule has 0 amide bonds. The number of phosphoric acid groups is 1. The number of hydrogen-bond acceptors (Lipinski definition) is 3. The Kier molecular flexibility index (Phi) is 3.48. The van der Waals surface area contributed by atoms with Gasteiger partial charge in [0.25, 0.3) is 0 Å². The van der Waals surface area contributed by atoms with E-state index < -0.39 is 13.9 Å². The third kappa shape index (κ3) is 4.90. The average molecular weight is 169 g/mol. The largest absolute Gasteiger partial charge is 0.469 e. The summed E-state index contributed by atoms with van der Waals surface area (Å²) in [5.74, 6) is 0. The number of nitrogens with two attached hydrogens (primary N) is 1. The van der Waals surface area contributed by atoms with Crippen molar-refractivity contribution in [2.75, 3.05) is 0 Å². The van der Waals surface area contributed by atoms with Crippen molar-refractivity contribution < 1.29 is 18.9 Å². The normalized spacial score (nSPS) is 18.5. The number of hydrogen-bond donors (Lipinski definition) is 3. The van der Waals surface area contributed by atoms with Crippen molar-refractivity contribution in [3.05, 3.63) is 0 Å². The third-order valence-corrected chi connectivity index (χ3v) is 1.65. The van der Waals surface area contributed by atoms with Crippen LogP contribution in [0.4, 0.5) is 0 Å². The van der Waals surface area contributed by atoms with Crippen LogP contribution < -0.4 is 5.73 Å². The van der Waals surface area contributed by atoms with Crippen molar-refractivity contribution in [2.24, 2.45) is 5.73 Å². The molecule has 0 radical (unpaired) electrons. The van der Waals surface area contributed by atoms with Gasteiger partial charge in [0, 0.05) is 6.04 Å². The maximum Gasteiger partial charge on any atom is 0.469 e. The van der Waals surface area contributed by atoms with Gasteiger partial charge >= 0.3 is 7.82 Å². The van der Waals surface area contributed by atoms with E-state index in [1.807, 2.05) is 0 Å². The van der Waals surface area contributed by atoms with Gasteiger partial charge in [0.05, 0.1) is 6.10 Å². The molecule has 6 heteroatoms. The molecule has 0 aromatic carbocycles. The lowest BCUT2D eigenvalue weighted by molar-refractivity contribution is 0.130. The zero-order valence-electron chi connectivity index (χ0n) is 5.89. The lowest BCUT2D eigenvalue weighted by atomic mass is 10.2. The zero-order valence-corrected chi connectivity index (χ0v) is 6.78. The second-order valence-corrected chi connectivity index (χ2v) is 3.35. The number of rotatable bonds is 3. The molecule has 0 saturated heterocycles. The fraction of sp³-hybridized carbons (Fsp3) is 1.00. The van der Waals surface area contributed by atoms with Gasteiger partial charge in [0.2, 0.25) is 0 Å². The molecule has 10 heavy (non-hydrogen) atoms. The minimum atomic E-state index is -4.36. The van der Waals surface area contributed by atoms with Crippen LogP contribution >= 0.6 is 7.82 Å². The molecule has 4 N–H and O–H groups in total. The quantitative estimate of drug-likeness (QED) is 0.510. The second-order valence-electron chi connectivity index (χ2n) is 2.16. The van der Waals surface area contributed by atoms with E-state index in [1.54, 1.807) is 6.92 Å². The monoisotopic (exact) mass is 169 g/mol. The molecule has 0 saturated carbocycles. The van der Waals surface area contributed by atoms with Crippen LogP contribution in [0.3, 0.4) is 0 Å². The highest BCUT2D eigenvalue weighted by Crippen LogP contribution is 2.37. The molecule has 0 spiro atoms. The summed E-state index contributed by atoms with van der Waals surface area (Å²) >= 11 is 0. The molecule has 0 heterocycles. The lowest BCUT2D eigenvalue weighted by Gasteiger charge is -2.16. The SMILES string of the molecule is C[C@H](OP(=O)(O)O)[C@@H](C)N. The molecule has 0 aliphatic heterocycles. The second kappa shape index (κ2) is 3.46. The van der Waals surface area contributed by atoms with Crippen molar-refractivity contribution >= 4 is 7.82 Å². The van der Waals surface area contributed by atoms with Crippen LogP contribution in [0.25, 0.3) is 0 Å². The molecule has 0 rings (SSSR count). The summed E-state index contributed by atoms with van der Waals surface area (Å²) in [6.07, 6.45) is -0.624. The highest BCUT2D eigenvalue weighted by molar-refractivity contribution is 7.46. The fourth-order valence-electron chi connectivity index (χ4n) is 0.313. The van der Waals surface area contributed by atoms with E-state index >= 15 is 0 Å². The molecule has 0 fully saturated rings. The summed E-state index contributed by atoms with van der Waals surface area (Å²) in [5, 5.41) is 0. The van der Waals surface area contributed by atoms with E-state index in [0.717, 1.165) is 0 Å². The Labute approximate surface area is 59.4 Å². The predicted octanol–water partition coefficient (Wildman–Crippen LogP) is -0.169. The molecular weight excluding hydrogens is 157 g/mol. The van der Waals surface area contributed by atoms with Gasteiger partial charge in [-0.25, -0.2) is 4.57 Å². The van der Waals surface area contributed by atoms with Gasteiger partial charge in [-0.05, 0) is 13.8 Å². The van der Waals surface area contributed by atoms with Crippen molar-refractivity contribution in [1.82, 2.24) is 0 Å². The average Bonchev–Trinajstić information content (AvgIpc) is 1.60. The molecule has 62 valence electrons. The summed E-state index contributed by atoms with van der Waals surface area (Å²) < 4.78 is 14.4. The Balaban J connectivity index is 3.80. The molecule has 5 nitrogen and oxygen atoms in total. The van der Waals surface area contributed by atoms with Gasteiger partial charge in [0.1, 0.15) is 0 Å². The minimum Gasteiger partial charge on any atom is -0.326 e.